The van der Waals surface area contributed by atoms with E-state index in [0.717, 1.165) is 10.0 Å². The van der Waals surface area contributed by atoms with Crippen LogP contribution in [0.15, 0.2) is 76.8 Å². The van der Waals surface area contributed by atoms with Gasteiger partial charge in [0.1, 0.15) is 13.2 Å². The number of halogens is 2. The van der Waals surface area contributed by atoms with Crippen LogP contribution < -0.4 is 24.4 Å². The van der Waals surface area contributed by atoms with Crippen molar-refractivity contribution in [2.75, 3.05) is 19.8 Å². The fraction of sp³-hybridized carbons (Fsp3) is 0.214. The lowest BCUT2D eigenvalue weighted by Crippen LogP contribution is -2.17. The minimum atomic E-state index is -0.405. The van der Waals surface area contributed by atoms with Gasteiger partial charge < -0.3 is 18.9 Å². The van der Waals surface area contributed by atoms with Crippen LogP contribution in [0.5, 0.6) is 23.0 Å². The van der Waals surface area contributed by atoms with Crippen molar-refractivity contribution in [1.82, 2.24) is 5.43 Å². The van der Waals surface area contributed by atoms with Gasteiger partial charge in [-0.3, -0.25) is 4.79 Å². The summed E-state index contributed by atoms with van der Waals surface area (Å²) in [5, 5.41) is 4.44. The molecule has 3 aromatic carbocycles. The van der Waals surface area contributed by atoms with Crippen molar-refractivity contribution in [2.24, 2.45) is 5.10 Å². The molecule has 0 aromatic heterocycles. The summed E-state index contributed by atoms with van der Waals surface area (Å²) in [4.78, 5) is 12.6. The molecule has 0 heterocycles. The number of nitrogens with zero attached hydrogens (tertiary/aromatic N) is 1. The average molecular weight is 588 g/mol. The number of rotatable bonds is 13. The highest BCUT2D eigenvalue weighted by Crippen LogP contribution is 2.37. The number of amides is 1. The molecule has 0 radical (unpaired) electrons. The van der Waals surface area contributed by atoms with Gasteiger partial charge in [-0.2, -0.15) is 5.10 Å². The Kier molecular flexibility index (Phi) is 10.9. The smallest absolute Gasteiger partial charge is 0.271 e. The molecule has 3 rings (SSSR count). The minimum Gasteiger partial charge on any atom is -0.490 e. The molecule has 0 spiro atoms. The topological polar surface area (TPSA) is 78.4 Å². The molecule has 0 aliphatic rings. The van der Waals surface area contributed by atoms with Crippen LogP contribution in [0.3, 0.4) is 0 Å². The van der Waals surface area contributed by atoms with Crippen LogP contribution in [0, 0.1) is 0 Å². The standard InChI is InChI=1S/C28H28BrClN2O5/c1-4-13-36-24-12-9-21(16-25(24)34-5-2)28(33)32-31-17-20-14-23(30)27(26(15-20)35-6-3)37-18-19-7-10-22(29)11-8-19/h4,7-12,14-17H,1,5-6,13,18H2,2-3H3,(H,32,33)/b31-17+. The Balaban J connectivity index is 1.70. The van der Waals surface area contributed by atoms with E-state index in [1.807, 2.05) is 38.1 Å². The maximum atomic E-state index is 12.6. The van der Waals surface area contributed by atoms with Gasteiger partial charge in [-0.15, -0.1) is 0 Å². The number of hydrogen-bond acceptors (Lipinski definition) is 6. The van der Waals surface area contributed by atoms with E-state index in [2.05, 4.69) is 33.0 Å². The lowest BCUT2D eigenvalue weighted by atomic mass is 10.2. The fourth-order valence-corrected chi connectivity index (χ4v) is 3.76. The second-order valence-electron chi connectivity index (χ2n) is 7.57. The number of carbonyl (C=O) groups is 1. The van der Waals surface area contributed by atoms with Gasteiger partial charge in [-0.1, -0.05) is 52.3 Å². The minimum absolute atomic E-state index is 0.330. The molecule has 0 aliphatic carbocycles. The first-order valence-corrected chi connectivity index (χ1v) is 12.8. The molecule has 0 saturated carbocycles. The third kappa shape index (κ3) is 8.27. The second kappa shape index (κ2) is 14.3. The summed E-state index contributed by atoms with van der Waals surface area (Å²) < 4.78 is 23.8. The van der Waals surface area contributed by atoms with Crippen molar-refractivity contribution in [3.63, 3.8) is 0 Å². The molecule has 37 heavy (non-hydrogen) atoms. The van der Waals surface area contributed by atoms with Crippen LogP contribution in [0.2, 0.25) is 5.02 Å². The highest BCUT2D eigenvalue weighted by Gasteiger charge is 2.14. The summed E-state index contributed by atoms with van der Waals surface area (Å²) in [5.41, 5.74) is 4.51. The lowest BCUT2D eigenvalue weighted by molar-refractivity contribution is 0.0954. The van der Waals surface area contributed by atoms with E-state index >= 15 is 0 Å². The van der Waals surface area contributed by atoms with Gasteiger partial charge >= 0.3 is 0 Å². The molecule has 1 N–H and O–H groups in total. The predicted molar refractivity (Wildman–Crippen MR) is 149 cm³/mol. The van der Waals surface area contributed by atoms with E-state index in [-0.39, 0.29) is 0 Å². The van der Waals surface area contributed by atoms with Crippen LogP contribution in [0.25, 0.3) is 0 Å². The molecule has 0 aliphatic heterocycles. The lowest BCUT2D eigenvalue weighted by Gasteiger charge is -2.14. The second-order valence-corrected chi connectivity index (χ2v) is 8.89. The zero-order valence-electron chi connectivity index (χ0n) is 20.6. The number of carbonyl (C=O) groups excluding carboxylic acids is 1. The quantitative estimate of drug-likeness (QED) is 0.135. The third-order valence-electron chi connectivity index (χ3n) is 4.87. The Hall–Kier alpha value is -3.49. The highest BCUT2D eigenvalue weighted by molar-refractivity contribution is 9.10. The number of hydrazone groups is 1. The van der Waals surface area contributed by atoms with Gasteiger partial charge in [0.25, 0.3) is 5.91 Å². The predicted octanol–water partition coefficient (Wildman–Crippen LogP) is 6.81. The van der Waals surface area contributed by atoms with Gasteiger partial charge in [-0.25, -0.2) is 5.43 Å². The molecule has 7 nitrogen and oxygen atoms in total. The maximum absolute atomic E-state index is 12.6. The van der Waals surface area contributed by atoms with Gasteiger partial charge in [-0.05, 0) is 67.4 Å². The molecular weight excluding hydrogens is 560 g/mol. The van der Waals surface area contributed by atoms with Crippen LogP contribution in [0.4, 0.5) is 0 Å². The van der Waals surface area contributed by atoms with Crippen molar-refractivity contribution in [1.29, 1.82) is 0 Å². The van der Waals surface area contributed by atoms with Crippen molar-refractivity contribution in [3.05, 3.63) is 93.4 Å². The molecule has 3 aromatic rings. The first-order valence-electron chi connectivity index (χ1n) is 11.6. The summed E-state index contributed by atoms with van der Waals surface area (Å²) in [6.45, 7) is 8.88. The summed E-state index contributed by atoms with van der Waals surface area (Å²) in [7, 11) is 0. The van der Waals surface area contributed by atoms with Crippen molar-refractivity contribution in [3.8, 4) is 23.0 Å². The first-order chi connectivity index (χ1) is 17.9. The average Bonchev–Trinajstić information content (AvgIpc) is 2.88. The van der Waals surface area contributed by atoms with E-state index in [0.29, 0.717) is 65.6 Å². The first kappa shape index (κ1) is 28.1. The van der Waals surface area contributed by atoms with Crippen LogP contribution >= 0.6 is 27.5 Å². The Morgan fingerprint density at radius 2 is 1.70 bits per heavy atom. The van der Waals surface area contributed by atoms with Gasteiger partial charge in [0.2, 0.25) is 0 Å². The Morgan fingerprint density at radius 3 is 2.41 bits per heavy atom. The maximum Gasteiger partial charge on any atom is 0.271 e. The zero-order valence-corrected chi connectivity index (χ0v) is 23.0. The molecule has 0 bridgehead atoms. The van der Waals surface area contributed by atoms with Crippen molar-refractivity contribution < 1.29 is 23.7 Å². The highest BCUT2D eigenvalue weighted by atomic mass is 79.9. The number of benzene rings is 3. The molecule has 0 atom stereocenters. The summed E-state index contributed by atoms with van der Waals surface area (Å²) >= 11 is 9.93. The number of hydrogen-bond donors (Lipinski definition) is 1. The van der Waals surface area contributed by atoms with E-state index < -0.39 is 5.91 Å². The third-order valence-corrected chi connectivity index (χ3v) is 5.68. The normalized spacial score (nSPS) is 10.7. The van der Waals surface area contributed by atoms with Crippen LogP contribution in [-0.4, -0.2) is 31.9 Å². The molecule has 194 valence electrons. The molecular formula is C28H28BrClN2O5. The Morgan fingerprint density at radius 1 is 0.973 bits per heavy atom. The monoisotopic (exact) mass is 586 g/mol. The Labute approximate surface area is 230 Å². The molecule has 0 fully saturated rings. The molecule has 0 unspecified atom stereocenters. The van der Waals surface area contributed by atoms with E-state index in [1.54, 1.807) is 36.4 Å². The van der Waals surface area contributed by atoms with E-state index in [9.17, 15) is 4.79 Å². The Bertz CT molecular complexity index is 1250. The van der Waals surface area contributed by atoms with Crippen molar-refractivity contribution in [2.45, 2.75) is 20.5 Å². The summed E-state index contributed by atoms with van der Waals surface area (Å²) in [6, 6.07) is 16.2. The molecule has 0 saturated heterocycles. The fourth-order valence-electron chi connectivity index (χ4n) is 3.22. The summed E-state index contributed by atoms with van der Waals surface area (Å²) in [5.74, 6) is 1.51. The zero-order chi connectivity index (χ0) is 26.6. The van der Waals surface area contributed by atoms with Gasteiger partial charge in [0.05, 0.1) is 24.5 Å². The summed E-state index contributed by atoms with van der Waals surface area (Å²) in [6.07, 6.45) is 3.12. The van der Waals surface area contributed by atoms with Crippen LogP contribution in [-0.2, 0) is 6.61 Å². The number of ether oxygens (including phenoxy) is 4. The SMILES string of the molecule is C=CCOc1ccc(C(=O)N/N=C/c2cc(Cl)c(OCc3ccc(Br)cc3)c(OCC)c2)cc1OCC. The van der Waals surface area contributed by atoms with Crippen molar-refractivity contribution >= 4 is 39.7 Å². The molecule has 1 amide bonds. The van der Waals surface area contributed by atoms with E-state index in [1.165, 1.54) is 6.21 Å². The van der Waals surface area contributed by atoms with E-state index in [4.69, 9.17) is 30.5 Å². The largest absolute Gasteiger partial charge is 0.490 e. The number of nitrogens with one attached hydrogen (secondary N) is 1. The molecule has 9 heteroatoms. The van der Waals surface area contributed by atoms with Crippen LogP contribution in [0.1, 0.15) is 35.3 Å². The van der Waals surface area contributed by atoms with Gasteiger partial charge in [0.15, 0.2) is 23.0 Å². The van der Waals surface area contributed by atoms with Gasteiger partial charge in [0, 0.05) is 10.0 Å².